The van der Waals surface area contributed by atoms with Gasteiger partial charge in [-0.1, -0.05) is 6.92 Å². The number of aryl methyl sites for hydroxylation is 1. The number of nitrogens with zero attached hydrogens (tertiary/aromatic N) is 1. The average Bonchev–Trinajstić information content (AvgIpc) is 3.11. The average molecular weight is 268 g/mol. The third-order valence-corrected chi connectivity index (χ3v) is 4.33. The first-order valence-electron chi connectivity index (χ1n) is 6.91. The lowest BCUT2D eigenvalue weighted by Gasteiger charge is -2.26. The van der Waals surface area contributed by atoms with Crippen molar-refractivity contribution in [3.8, 4) is 0 Å². The smallest absolute Gasteiger partial charge is 0.0897 e. The van der Waals surface area contributed by atoms with Gasteiger partial charge in [-0.05, 0) is 38.6 Å². The summed E-state index contributed by atoms with van der Waals surface area (Å²) in [5.74, 6) is 0.754. The van der Waals surface area contributed by atoms with Crippen molar-refractivity contribution in [3.05, 3.63) is 16.1 Å². The maximum Gasteiger partial charge on any atom is 0.0897 e. The van der Waals surface area contributed by atoms with E-state index in [1.165, 1.54) is 18.5 Å². The van der Waals surface area contributed by atoms with Gasteiger partial charge in [-0.25, -0.2) is 4.98 Å². The summed E-state index contributed by atoms with van der Waals surface area (Å²) < 4.78 is 5.73. The fourth-order valence-electron chi connectivity index (χ4n) is 2.47. The Hall–Kier alpha value is -0.450. The normalized spacial score (nSPS) is 18.8. The van der Waals surface area contributed by atoms with Gasteiger partial charge in [0.1, 0.15) is 0 Å². The zero-order valence-electron chi connectivity index (χ0n) is 11.6. The van der Waals surface area contributed by atoms with Crippen molar-refractivity contribution in [2.45, 2.75) is 51.7 Å². The first-order chi connectivity index (χ1) is 8.74. The van der Waals surface area contributed by atoms with Crippen LogP contribution in [0, 0.1) is 12.8 Å². The highest BCUT2D eigenvalue weighted by Crippen LogP contribution is 2.36. The molecule has 0 aromatic carbocycles. The van der Waals surface area contributed by atoms with Crippen molar-refractivity contribution in [3.63, 3.8) is 0 Å². The second kappa shape index (κ2) is 6.64. The minimum atomic E-state index is 0.346. The summed E-state index contributed by atoms with van der Waals surface area (Å²) in [5.41, 5.74) is 1.20. The van der Waals surface area contributed by atoms with Crippen LogP contribution in [-0.4, -0.2) is 30.8 Å². The summed E-state index contributed by atoms with van der Waals surface area (Å²) in [4.78, 5) is 4.58. The van der Waals surface area contributed by atoms with E-state index < -0.39 is 0 Å². The van der Waals surface area contributed by atoms with E-state index in [-0.39, 0.29) is 0 Å². The highest BCUT2D eigenvalue weighted by atomic mass is 32.1. The number of ether oxygens (including phenoxy) is 1. The van der Waals surface area contributed by atoms with Crippen molar-refractivity contribution < 1.29 is 4.74 Å². The molecule has 0 amide bonds. The lowest BCUT2D eigenvalue weighted by atomic mass is 10.0. The van der Waals surface area contributed by atoms with E-state index >= 15 is 0 Å². The quantitative estimate of drug-likeness (QED) is 0.787. The van der Waals surface area contributed by atoms with Gasteiger partial charge in [0, 0.05) is 25.0 Å². The van der Waals surface area contributed by atoms with Crippen LogP contribution in [0.2, 0.25) is 0 Å². The third kappa shape index (κ3) is 3.77. The SMILES string of the molecule is CCCNC(Cc1csc(C)n1)C(OC)C1CC1. The van der Waals surface area contributed by atoms with Gasteiger partial charge in [0.15, 0.2) is 0 Å². The lowest BCUT2D eigenvalue weighted by Crippen LogP contribution is -2.44. The summed E-state index contributed by atoms with van der Waals surface area (Å²) in [5, 5.41) is 6.97. The van der Waals surface area contributed by atoms with E-state index in [2.05, 4.69) is 29.5 Å². The Balaban J connectivity index is 1.98. The molecule has 0 aliphatic heterocycles. The number of hydrogen-bond donors (Lipinski definition) is 1. The molecule has 2 unspecified atom stereocenters. The summed E-state index contributed by atoms with van der Waals surface area (Å²) in [6.07, 6.45) is 5.13. The van der Waals surface area contributed by atoms with Crippen LogP contribution < -0.4 is 5.32 Å². The Kier molecular flexibility index (Phi) is 5.15. The molecule has 0 saturated heterocycles. The van der Waals surface area contributed by atoms with Crippen LogP contribution >= 0.6 is 11.3 Å². The number of hydrogen-bond acceptors (Lipinski definition) is 4. The number of methoxy groups -OCH3 is 1. The Bertz CT molecular complexity index is 362. The maximum absolute atomic E-state index is 5.73. The predicted molar refractivity (Wildman–Crippen MR) is 76.2 cm³/mol. The van der Waals surface area contributed by atoms with Gasteiger partial charge in [0.25, 0.3) is 0 Å². The summed E-state index contributed by atoms with van der Waals surface area (Å²) in [6.45, 7) is 5.33. The number of nitrogens with one attached hydrogen (secondary N) is 1. The first kappa shape index (κ1) is 14.0. The molecular formula is C14H24N2OS. The monoisotopic (exact) mass is 268 g/mol. The van der Waals surface area contributed by atoms with E-state index in [0.29, 0.717) is 12.1 Å². The van der Waals surface area contributed by atoms with E-state index in [4.69, 9.17) is 4.74 Å². The van der Waals surface area contributed by atoms with Crippen molar-refractivity contribution in [1.82, 2.24) is 10.3 Å². The van der Waals surface area contributed by atoms with E-state index in [9.17, 15) is 0 Å². The number of thiazole rings is 1. The standard InChI is InChI=1S/C14H24N2OS/c1-4-7-15-13(14(17-3)11-5-6-11)8-12-9-18-10(2)16-12/h9,11,13-15H,4-8H2,1-3H3. The fourth-order valence-corrected chi connectivity index (χ4v) is 3.10. The molecule has 18 heavy (non-hydrogen) atoms. The number of aromatic nitrogens is 1. The Labute approximate surface area is 114 Å². The van der Waals surface area contributed by atoms with Gasteiger partial charge in [-0.3, -0.25) is 0 Å². The van der Waals surface area contributed by atoms with Crippen LogP contribution in [0.5, 0.6) is 0 Å². The predicted octanol–water partition coefficient (Wildman–Crippen LogP) is 2.79. The van der Waals surface area contributed by atoms with Crippen LogP contribution in [0.25, 0.3) is 0 Å². The molecule has 1 aromatic rings. The molecule has 3 nitrogen and oxygen atoms in total. The van der Waals surface area contributed by atoms with Gasteiger partial charge < -0.3 is 10.1 Å². The molecule has 1 N–H and O–H groups in total. The Morgan fingerprint density at radius 3 is 2.83 bits per heavy atom. The van der Waals surface area contributed by atoms with Crippen LogP contribution in [0.15, 0.2) is 5.38 Å². The molecule has 1 aliphatic rings. The van der Waals surface area contributed by atoms with Gasteiger partial charge in [0.05, 0.1) is 16.8 Å². The maximum atomic E-state index is 5.73. The van der Waals surface area contributed by atoms with E-state index in [1.54, 1.807) is 11.3 Å². The highest BCUT2D eigenvalue weighted by molar-refractivity contribution is 7.09. The second-order valence-corrected chi connectivity index (χ2v) is 6.22. The summed E-state index contributed by atoms with van der Waals surface area (Å²) in [6, 6.07) is 0.406. The molecule has 0 radical (unpaired) electrons. The molecule has 2 rings (SSSR count). The molecule has 2 atom stereocenters. The molecule has 1 aromatic heterocycles. The second-order valence-electron chi connectivity index (χ2n) is 5.16. The molecular weight excluding hydrogens is 244 g/mol. The summed E-state index contributed by atoms with van der Waals surface area (Å²) >= 11 is 1.73. The fraction of sp³-hybridized carbons (Fsp3) is 0.786. The van der Waals surface area contributed by atoms with Crippen molar-refractivity contribution in [2.75, 3.05) is 13.7 Å². The largest absolute Gasteiger partial charge is 0.380 e. The van der Waals surface area contributed by atoms with E-state index in [1.807, 2.05) is 7.11 Å². The van der Waals surface area contributed by atoms with Gasteiger partial charge >= 0.3 is 0 Å². The molecule has 1 aliphatic carbocycles. The third-order valence-electron chi connectivity index (χ3n) is 3.51. The molecule has 102 valence electrons. The van der Waals surface area contributed by atoms with Crippen LogP contribution in [0.4, 0.5) is 0 Å². The molecule has 0 spiro atoms. The minimum absolute atomic E-state index is 0.346. The summed E-state index contributed by atoms with van der Waals surface area (Å²) in [7, 11) is 1.84. The molecule has 1 saturated carbocycles. The zero-order valence-corrected chi connectivity index (χ0v) is 12.4. The highest BCUT2D eigenvalue weighted by Gasteiger charge is 2.36. The Morgan fingerprint density at radius 1 is 1.56 bits per heavy atom. The van der Waals surface area contributed by atoms with Crippen LogP contribution in [0.3, 0.4) is 0 Å². The molecule has 1 fully saturated rings. The first-order valence-corrected chi connectivity index (χ1v) is 7.79. The molecule has 0 bridgehead atoms. The Morgan fingerprint density at radius 2 is 2.33 bits per heavy atom. The van der Waals surface area contributed by atoms with Crippen molar-refractivity contribution >= 4 is 11.3 Å². The van der Waals surface area contributed by atoms with Crippen molar-refractivity contribution in [2.24, 2.45) is 5.92 Å². The lowest BCUT2D eigenvalue weighted by molar-refractivity contribution is 0.0508. The van der Waals surface area contributed by atoms with Gasteiger partial charge in [-0.2, -0.15) is 0 Å². The molecule has 4 heteroatoms. The topological polar surface area (TPSA) is 34.2 Å². The van der Waals surface area contributed by atoms with Gasteiger partial charge in [-0.15, -0.1) is 11.3 Å². The minimum Gasteiger partial charge on any atom is -0.380 e. The van der Waals surface area contributed by atoms with Crippen LogP contribution in [-0.2, 0) is 11.2 Å². The molecule has 1 heterocycles. The van der Waals surface area contributed by atoms with E-state index in [0.717, 1.165) is 30.3 Å². The zero-order chi connectivity index (χ0) is 13.0. The van der Waals surface area contributed by atoms with Crippen LogP contribution in [0.1, 0.15) is 36.9 Å². The number of rotatable bonds is 8. The van der Waals surface area contributed by atoms with Crippen molar-refractivity contribution in [1.29, 1.82) is 0 Å². The van der Waals surface area contributed by atoms with Gasteiger partial charge in [0.2, 0.25) is 0 Å².